The van der Waals surface area contributed by atoms with E-state index in [2.05, 4.69) is 15.9 Å². The first-order chi connectivity index (χ1) is 8.42. The van der Waals surface area contributed by atoms with E-state index in [0.717, 1.165) is 0 Å². The molecule has 0 bridgehead atoms. The van der Waals surface area contributed by atoms with Crippen molar-refractivity contribution in [2.75, 3.05) is 0 Å². The molecule has 0 amide bonds. The summed E-state index contributed by atoms with van der Waals surface area (Å²) in [6.45, 7) is 6.72. The van der Waals surface area contributed by atoms with Gasteiger partial charge in [0.25, 0.3) is 9.05 Å². The van der Waals surface area contributed by atoms with Crippen molar-refractivity contribution in [3.05, 3.63) is 27.7 Å². The lowest BCUT2D eigenvalue weighted by Crippen LogP contribution is -2.24. The molecule has 1 aromatic rings. The Morgan fingerprint density at radius 1 is 1.32 bits per heavy atom. The zero-order valence-electron chi connectivity index (χ0n) is 11.0. The number of ether oxygens (including phenoxy) is 1. The second kappa shape index (κ2) is 5.42. The van der Waals surface area contributed by atoms with Gasteiger partial charge in [-0.3, -0.25) is 0 Å². The largest absolute Gasteiger partial charge is 0.456 e. The van der Waals surface area contributed by atoms with Crippen LogP contribution in [-0.2, 0) is 13.8 Å². The SMILES string of the molecule is Cc1c(C(=O)OC(C)(C)C)cc(Br)cc1S(=O)(=O)Cl. The van der Waals surface area contributed by atoms with E-state index in [1.165, 1.54) is 19.1 Å². The van der Waals surface area contributed by atoms with E-state index in [1.54, 1.807) is 20.8 Å². The van der Waals surface area contributed by atoms with E-state index in [4.69, 9.17) is 15.4 Å². The first kappa shape index (κ1) is 16.5. The van der Waals surface area contributed by atoms with Crippen molar-refractivity contribution in [2.24, 2.45) is 0 Å². The molecule has 0 radical (unpaired) electrons. The third-order valence-corrected chi connectivity index (χ3v) is 4.11. The molecular formula is C12H14BrClO4S. The van der Waals surface area contributed by atoms with E-state index in [-0.39, 0.29) is 16.0 Å². The molecule has 0 fully saturated rings. The molecule has 106 valence electrons. The van der Waals surface area contributed by atoms with Crippen molar-refractivity contribution >= 4 is 41.6 Å². The molecule has 0 aliphatic carbocycles. The molecule has 0 aliphatic heterocycles. The maximum absolute atomic E-state index is 12.0. The van der Waals surface area contributed by atoms with Gasteiger partial charge in [0.2, 0.25) is 0 Å². The Kier molecular flexibility index (Phi) is 4.70. The molecule has 4 nitrogen and oxygen atoms in total. The normalized spacial score (nSPS) is 12.3. The summed E-state index contributed by atoms with van der Waals surface area (Å²) in [4.78, 5) is 11.9. The molecule has 0 saturated heterocycles. The van der Waals surface area contributed by atoms with Crippen molar-refractivity contribution in [3.63, 3.8) is 0 Å². The Morgan fingerprint density at radius 3 is 2.26 bits per heavy atom. The summed E-state index contributed by atoms with van der Waals surface area (Å²) in [5.74, 6) is -0.590. The van der Waals surface area contributed by atoms with Crippen LogP contribution in [0.25, 0.3) is 0 Å². The Labute approximate surface area is 125 Å². The van der Waals surface area contributed by atoms with Crippen LogP contribution < -0.4 is 0 Å². The van der Waals surface area contributed by atoms with E-state index >= 15 is 0 Å². The standard InChI is InChI=1S/C12H14BrClO4S/c1-7-9(11(15)18-12(2,3)4)5-8(13)6-10(7)19(14,16)17/h5-6H,1-4H3. The topological polar surface area (TPSA) is 60.4 Å². The summed E-state index contributed by atoms with van der Waals surface area (Å²) >= 11 is 3.16. The van der Waals surface area contributed by atoms with E-state index in [0.29, 0.717) is 4.47 Å². The molecule has 0 aromatic heterocycles. The second-order valence-corrected chi connectivity index (χ2v) is 8.47. The maximum Gasteiger partial charge on any atom is 0.338 e. The number of carbonyl (C=O) groups is 1. The third kappa shape index (κ3) is 4.47. The van der Waals surface area contributed by atoms with E-state index in [1.807, 2.05) is 0 Å². The molecule has 0 N–H and O–H groups in total. The van der Waals surface area contributed by atoms with Crippen LogP contribution in [0.1, 0.15) is 36.7 Å². The Balaban J connectivity index is 3.38. The predicted octanol–water partition coefficient (Wildman–Crippen LogP) is 3.64. The highest BCUT2D eigenvalue weighted by atomic mass is 79.9. The summed E-state index contributed by atoms with van der Waals surface area (Å²) in [5, 5.41) is 0. The number of rotatable bonds is 2. The average molecular weight is 370 g/mol. The third-order valence-electron chi connectivity index (χ3n) is 2.21. The fourth-order valence-corrected chi connectivity index (χ4v) is 3.29. The Hall–Kier alpha value is -0.590. The minimum Gasteiger partial charge on any atom is -0.456 e. The number of esters is 1. The average Bonchev–Trinajstić information content (AvgIpc) is 2.16. The lowest BCUT2D eigenvalue weighted by Gasteiger charge is -2.20. The van der Waals surface area contributed by atoms with Crippen molar-refractivity contribution in [1.29, 1.82) is 0 Å². The number of hydrogen-bond acceptors (Lipinski definition) is 4. The van der Waals surface area contributed by atoms with Crippen molar-refractivity contribution < 1.29 is 17.9 Å². The maximum atomic E-state index is 12.0. The van der Waals surface area contributed by atoms with Crippen molar-refractivity contribution in [1.82, 2.24) is 0 Å². The number of carbonyl (C=O) groups excluding carboxylic acids is 1. The summed E-state index contributed by atoms with van der Waals surface area (Å²) in [5.41, 5.74) is -0.220. The molecule has 0 heterocycles. The lowest BCUT2D eigenvalue weighted by molar-refractivity contribution is 0.00683. The minimum atomic E-state index is -3.92. The van der Waals surface area contributed by atoms with Crippen LogP contribution in [-0.4, -0.2) is 20.0 Å². The fraction of sp³-hybridized carbons (Fsp3) is 0.417. The van der Waals surface area contributed by atoms with Crippen LogP contribution in [0, 0.1) is 6.92 Å². The molecule has 0 atom stereocenters. The van der Waals surface area contributed by atoms with Gasteiger partial charge in [-0.05, 0) is 45.4 Å². The van der Waals surface area contributed by atoms with Crippen LogP contribution in [0.5, 0.6) is 0 Å². The monoisotopic (exact) mass is 368 g/mol. The highest BCUT2D eigenvalue weighted by molar-refractivity contribution is 9.10. The molecule has 0 unspecified atom stereocenters. The highest BCUT2D eigenvalue weighted by Crippen LogP contribution is 2.28. The van der Waals surface area contributed by atoms with Crippen molar-refractivity contribution in [3.8, 4) is 0 Å². The van der Waals surface area contributed by atoms with Crippen LogP contribution in [0.2, 0.25) is 0 Å². The smallest absolute Gasteiger partial charge is 0.338 e. The van der Waals surface area contributed by atoms with Crippen molar-refractivity contribution in [2.45, 2.75) is 38.2 Å². The molecule has 7 heteroatoms. The van der Waals surface area contributed by atoms with E-state index < -0.39 is 20.6 Å². The lowest BCUT2D eigenvalue weighted by atomic mass is 10.1. The molecule has 1 aromatic carbocycles. The summed E-state index contributed by atoms with van der Waals surface area (Å²) in [6, 6.07) is 2.86. The van der Waals surface area contributed by atoms with Crippen LogP contribution in [0.15, 0.2) is 21.5 Å². The molecule has 0 aliphatic rings. The van der Waals surface area contributed by atoms with Gasteiger partial charge in [0.1, 0.15) is 5.60 Å². The molecular weight excluding hydrogens is 356 g/mol. The molecule has 19 heavy (non-hydrogen) atoms. The van der Waals surface area contributed by atoms with Gasteiger partial charge >= 0.3 is 5.97 Å². The molecule has 0 spiro atoms. The summed E-state index contributed by atoms with van der Waals surface area (Å²) in [7, 11) is 1.42. The summed E-state index contributed by atoms with van der Waals surface area (Å²) in [6.07, 6.45) is 0. The van der Waals surface area contributed by atoms with Gasteiger partial charge in [0.05, 0.1) is 10.5 Å². The molecule has 1 rings (SSSR count). The van der Waals surface area contributed by atoms with Gasteiger partial charge in [-0.2, -0.15) is 0 Å². The zero-order valence-corrected chi connectivity index (χ0v) is 14.1. The fourth-order valence-electron chi connectivity index (χ4n) is 1.45. The summed E-state index contributed by atoms with van der Waals surface area (Å²) < 4.78 is 28.6. The van der Waals surface area contributed by atoms with E-state index in [9.17, 15) is 13.2 Å². The number of hydrogen-bond donors (Lipinski definition) is 0. The van der Waals surface area contributed by atoms with Crippen LogP contribution >= 0.6 is 26.6 Å². The van der Waals surface area contributed by atoms with Gasteiger partial charge in [0.15, 0.2) is 0 Å². The molecule has 0 saturated carbocycles. The van der Waals surface area contributed by atoms with Crippen LogP contribution in [0.4, 0.5) is 0 Å². The van der Waals surface area contributed by atoms with Gasteiger partial charge in [-0.25, -0.2) is 13.2 Å². The first-order valence-corrected chi connectivity index (χ1v) is 8.50. The highest BCUT2D eigenvalue weighted by Gasteiger charge is 2.24. The van der Waals surface area contributed by atoms with Gasteiger partial charge < -0.3 is 4.74 Å². The van der Waals surface area contributed by atoms with Crippen LogP contribution in [0.3, 0.4) is 0 Å². The quantitative estimate of drug-likeness (QED) is 0.590. The van der Waals surface area contributed by atoms with Gasteiger partial charge in [-0.15, -0.1) is 0 Å². The minimum absolute atomic E-state index is 0.107. The second-order valence-electron chi connectivity index (χ2n) is 5.02. The van der Waals surface area contributed by atoms with Gasteiger partial charge in [0, 0.05) is 15.2 Å². The first-order valence-electron chi connectivity index (χ1n) is 5.40. The Bertz CT molecular complexity index is 617. The zero-order chi connectivity index (χ0) is 15.0. The predicted molar refractivity (Wildman–Crippen MR) is 77.1 cm³/mol. The number of halogens is 2. The Morgan fingerprint density at radius 2 is 1.84 bits per heavy atom. The van der Waals surface area contributed by atoms with Gasteiger partial charge in [-0.1, -0.05) is 15.9 Å². The number of benzene rings is 1.